The molecule has 2 heterocycles. The van der Waals surface area contributed by atoms with Crippen molar-refractivity contribution in [1.29, 1.82) is 0 Å². The van der Waals surface area contributed by atoms with Crippen LogP contribution in [0.25, 0.3) is 0 Å². The molecule has 4 rings (SSSR count). The molecule has 6 unspecified atom stereocenters. The fourth-order valence-electron chi connectivity index (χ4n) is 5.37. The van der Waals surface area contributed by atoms with Gasteiger partial charge in [0.05, 0.1) is 24.7 Å². The maximum atomic E-state index is 13.3. The van der Waals surface area contributed by atoms with Crippen LogP contribution in [0.1, 0.15) is 70.6 Å². The summed E-state index contributed by atoms with van der Waals surface area (Å²) in [5, 5.41) is 8.85. The molecule has 9 nitrogen and oxygen atoms in total. The van der Waals surface area contributed by atoms with Crippen LogP contribution in [0.4, 0.5) is 4.39 Å². The second kappa shape index (κ2) is 16.9. The Kier molecular flexibility index (Phi) is 13.0. The second-order valence-corrected chi connectivity index (χ2v) is 10.9. The highest BCUT2D eigenvalue weighted by atomic mass is 19.1. The van der Waals surface area contributed by atoms with E-state index in [0.717, 1.165) is 38.5 Å². The summed E-state index contributed by atoms with van der Waals surface area (Å²) in [6.45, 7) is 1.59. The lowest BCUT2D eigenvalue weighted by Gasteiger charge is -2.32. The Labute approximate surface area is 241 Å². The van der Waals surface area contributed by atoms with Crippen LogP contribution in [0.2, 0.25) is 0 Å². The van der Waals surface area contributed by atoms with Gasteiger partial charge >= 0.3 is 5.97 Å². The average Bonchev–Trinajstić information content (AvgIpc) is 3.27. The first-order chi connectivity index (χ1) is 20.0. The minimum Gasteiger partial charge on any atom is -0.491 e. The number of hydrogen-bond donors (Lipinski definition) is 1. The zero-order valence-electron chi connectivity index (χ0n) is 23.6. The number of carbonyl (C=O) groups excluding carboxylic acids is 1. The van der Waals surface area contributed by atoms with E-state index < -0.39 is 30.2 Å². The van der Waals surface area contributed by atoms with Crippen molar-refractivity contribution in [2.24, 2.45) is 5.92 Å². The lowest BCUT2D eigenvalue weighted by atomic mass is 9.99. The Bertz CT molecular complexity index is 957. The van der Waals surface area contributed by atoms with Gasteiger partial charge in [-0.25, -0.2) is 4.39 Å². The number of hydrogen-bond acceptors (Lipinski definition) is 8. The van der Waals surface area contributed by atoms with E-state index in [1.165, 1.54) is 12.1 Å². The number of rotatable bonds is 16. The summed E-state index contributed by atoms with van der Waals surface area (Å²) in [4.78, 5) is 23.9. The Hall–Kier alpha value is -2.37. The summed E-state index contributed by atoms with van der Waals surface area (Å²) in [7, 11) is 0. The van der Waals surface area contributed by atoms with Gasteiger partial charge in [-0.1, -0.05) is 12.2 Å². The molecule has 3 aliphatic rings. The quantitative estimate of drug-likeness (QED) is 0.209. The maximum Gasteiger partial charge on any atom is 0.303 e. The molecule has 1 N–H and O–H groups in total. The number of Topliss-reactive ketones (excluding diaryl/α,β-unsaturated/α-hetero) is 1. The van der Waals surface area contributed by atoms with Crippen molar-refractivity contribution in [3.8, 4) is 5.75 Å². The van der Waals surface area contributed by atoms with E-state index in [0.29, 0.717) is 38.2 Å². The van der Waals surface area contributed by atoms with Gasteiger partial charge in [0, 0.05) is 26.1 Å². The average molecular weight is 579 g/mol. The van der Waals surface area contributed by atoms with E-state index in [2.05, 4.69) is 0 Å². The fraction of sp³-hybridized carbons (Fsp3) is 0.677. The molecule has 1 saturated carbocycles. The van der Waals surface area contributed by atoms with Gasteiger partial charge in [0.1, 0.15) is 30.1 Å². The predicted octanol–water partition coefficient (Wildman–Crippen LogP) is 5.20. The van der Waals surface area contributed by atoms with Crippen LogP contribution in [-0.2, 0) is 33.3 Å². The summed E-state index contributed by atoms with van der Waals surface area (Å²) < 4.78 is 49.7. The van der Waals surface area contributed by atoms with Gasteiger partial charge in [-0.05, 0) is 82.1 Å². The van der Waals surface area contributed by atoms with E-state index in [4.69, 9.17) is 33.5 Å². The molecule has 1 aromatic carbocycles. The number of aliphatic carboxylic acids is 1. The van der Waals surface area contributed by atoms with Crippen LogP contribution >= 0.6 is 0 Å². The normalized spacial score (nSPS) is 27.7. The highest BCUT2D eigenvalue weighted by molar-refractivity contribution is 5.85. The van der Waals surface area contributed by atoms with Gasteiger partial charge in [0.15, 0.2) is 12.6 Å². The second-order valence-electron chi connectivity index (χ2n) is 10.9. The van der Waals surface area contributed by atoms with Gasteiger partial charge in [-0.15, -0.1) is 0 Å². The molecule has 0 amide bonds. The SMILES string of the molecule is O=C(O)CCC/C=C/CC1C(=O)CC(OC2CCCCO2)C1OCC(COc1ccc(F)cc1)OC1CCCCO1. The molecule has 2 aliphatic heterocycles. The number of ether oxygens (including phenoxy) is 6. The monoisotopic (exact) mass is 578 g/mol. The molecule has 0 aromatic heterocycles. The van der Waals surface area contributed by atoms with Crippen LogP contribution in [0.15, 0.2) is 36.4 Å². The van der Waals surface area contributed by atoms with Crippen molar-refractivity contribution in [1.82, 2.24) is 0 Å². The summed E-state index contributed by atoms with van der Waals surface area (Å²) in [5.41, 5.74) is 0. The summed E-state index contributed by atoms with van der Waals surface area (Å²) in [6, 6.07) is 5.80. The predicted molar refractivity (Wildman–Crippen MR) is 147 cm³/mol. The minimum absolute atomic E-state index is 0.0710. The first-order valence-corrected chi connectivity index (χ1v) is 14.9. The highest BCUT2D eigenvalue weighted by Gasteiger charge is 2.45. The highest BCUT2D eigenvalue weighted by Crippen LogP contribution is 2.33. The molecule has 1 aromatic rings. The number of halogens is 1. The molecule has 0 bridgehead atoms. The maximum absolute atomic E-state index is 13.3. The number of benzene rings is 1. The molecular weight excluding hydrogens is 535 g/mol. The minimum atomic E-state index is -0.818. The van der Waals surface area contributed by atoms with Crippen molar-refractivity contribution in [2.45, 2.75) is 102 Å². The first-order valence-electron chi connectivity index (χ1n) is 14.9. The van der Waals surface area contributed by atoms with Crippen LogP contribution in [0, 0.1) is 11.7 Å². The topological polar surface area (TPSA) is 110 Å². The third-order valence-electron chi connectivity index (χ3n) is 7.57. The summed E-state index contributed by atoms with van der Waals surface area (Å²) in [6.07, 6.45) is 9.27. The van der Waals surface area contributed by atoms with Crippen molar-refractivity contribution < 1.29 is 47.5 Å². The van der Waals surface area contributed by atoms with Gasteiger partial charge in [0.25, 0.3) is 0 Å². The number of ketones is 1. The molecule has 1 aliphatic carbocycles. The fourth-order valence-corrected chi connectivity index (χ4v) is 5.37. The summed E-state index contributed by atoms with van der Waals surface area (Å²) in [5.74, 6) is -0.973. The van der Waals surface area contributed by atoms with Crippen molar-refractivity contribution in [3.63, 3.8) is 0 Å². The van der Waals surface area contributed by atoms with E-state index in [1.807, 2.05) is 12.2 Å². The van der Waals surface area contributed by atoms with Crippen LogP contribution < -0.4 is 4.74 Å². The summed E-state index contributed by atoms with van der Waals surface area (Å²) >= 11 is 0. The van der Waals surface area contributed by atoms with E-state index >= 15 is 0 Å². The lowest BCUT2D eigenvalue weighted by molar-refractivity contribution is -0.226. The zero-order chi connectivity index (χ0) is 28.9. The van der Waals surface area contributed by atoms with Gasteiger partial charge in [0.2, 0.25) is 0 Å². The third kappa shape index (κ3) is 10.8. The molecular formula is C31H43FO9. The molecule has 41 heavy (non-hydrogen) atoms. The number of unbranched alkanes of at least 4 members (excludes halogenated alkanes) is 1. The number of carboxylic acid groups (broad SMARTS) is 1. The largest absolute Gasteiger partial charge is 0.491 e. The molecule has 228 valence electrons. The Morgan fingerprint density at radius 3 is 2.44 bits per heavy atom. The number of allylic oxidation sites excluding steroid dienone is 2. The van der Waals surface area contributed by atoms with Crippen LogP contribution in [-0.4, -0.2) is 74.2 Å². The van der Waals surface area contributed by atoms with Gasteiger partial charge < -0.3 is 33.5 Å². The number of carboxylic acids is 1. The molecule has 3 fully saturated rings. The first kappa shape index (κ1) is 31.6. The molecule has 0 spiro atoms. The standard InChI is InChI=1S/C31H43FO9/c32-22-13-15-23(16-14-22)38-20-24(40-29-11-5-7-17-36-29)21-39-31-25(9-3-1-2-4-10-28(34)35)26(33)19-27(31)41-30-12-6-8-18-37-30/h1,3,13-16,24-25,27,29-31H,2,4-12,17-21H2,(H,34,35)/b3-1+. The van der Waals surface area contributed by atoms with E-state index in [-0.39, 0.29) is 50.2 Å². The lowest BCUT2D eigenvalue weighted by Crippen LogP contribution is -2.40. The van der Waals surface area contributed by atoms with E-state index in [1.54, 1.807) is 12.1 Å². The van der Waals surface area contributed by atoms with Crippen molar-refractivity contribution in [3.05, 3.63) is 42.2 Å². The molecule has 0 radical (unpaired) electrons. The zero-order valence-corrected chi connectivity index (χ0v) is 23.6. The van der Waals surface area contributed by atoms with Crippen molar-refractivity contribution >= 4 is 11.8 Å². The molecule has 6 atom stereocenters. The van der Waals surface area contributed by atoms with Gasteiger partial charge in [-0.3, -0.25) is 9.59 Å². The van der Waals surface area contributed by atoms with Crippen molar-refractivity contribution in [2.75, 3.05) is 26.4 Å². The smallest absolute Gasteiger partial charge is 0.303 e. The Balaban J connectivity index is 1.40. The molecule has 2 saturated heterocycles. The van der Waals surface area contributed by atoms with Crippen LogP contribution in [0.5, 0.6) is 5.75 Å². The third-order valence-corrected chi connectivity index (χ3v) is 7.57. The van der Waals surface area contributed by atoms with E-state index in [9.17, 15) is 14.0 Å². The number of carbonyl (C=O) groups is 2. The Morgan fingerprint density at radius 1 is 1.02 bits per heavy atom. The van der Waals surface area contributed by atoms with Gasteiger partial charge in [-0.2, -0.15) is 0 Å². The Morgan fingerprint density at radius 2 is 1.76 bits per heavy atom. The molecule has 10 heteroatoms. The van der Waals surface area contributed by atoms with Crippen LogP contribution in [0.3, 0.4) is 0 Å².